The molecule has 7 nitrogen and oxygen atoms in total. The number of carbonyl (C=O) groups excluding carboxylic acids is 3. The van der Waals surface area contributed by atoms with Crippen molar-refractivity contribution in [2.24, 2.45) is 5.73 Å². The van der Waals surface area contributed by atoms with E-state index < -0.39 is 48.1 Å². The molecule has 0 aliphatic rings. The van der Waals surface area contributed by atoms with E-state index in [1.807, 2.05) is 39.0 Å². The molecule has 2 unspecified atom stereocenters. The van der Waals surface area contributed by atoms with Crippen LogP contribution in [0.4, 0.5) is 13.2 Å². The Morgan fingerprint density at radius 2 is 1.76 bits per heavy atom. The molecule has 3 amide bonds. The maximum absolute atomic E-state index is 12.8. The normalized spacial score (nSPS) is 13.1. The van der Waals surface area contributed by atoms with Crippen molar-refractivity contribution in [1.82, 2.24) is 16.0 Å². The van der Waals surface area contributed by atoms with Crippen molar-refractivity contribution >= 4 is 17.7 Å². The molecular formula is C24H29F3N4O3. The lowest BCUT2D eigenvalue weighted by atomic mass is 10.0. The number of aryl methyl sites for hydroxylation is 2. The maximum Gasteiger partial charge on any atom is 0.416 e. The van der Waals surface area contributed by atoms with Crippen molar-refractivity contribution in [2.45, 2.75) is 52.0 Å². The SMILES string of the molecule is CCC(NCc1ccc(C)cc1C)C(NC(=O)CNC(=O)c1cccc(C(F)(F)F)c1)C(N)=O. The van der Waals surface area contributed by atoms with Gasteiger partial charge in [0.05, 0.1) is 12.1 Å². The van der Waals surface area contributed by atoms with Crippen LogP contribution in [0.1, 0.15) is 46.0 Å². The highest BCUT2D eigenvalue weighted by Gasteiger charge is 2.31. The minimum Gasteiger partial charge on any atom is -0.368 e. The van der Waals surface area contributed by atoms with Crippen molar-refractivity contribution in [3.8, 4) is 0 Å². The van der Waals surface area contributed by atoms with Gasteiger partial charge in [-0.3, -0.25) is 14.4 Å². The van der Waals surface area contributed by atoms with Crippen LogP contribution in [0.3, 0.4) is 0 Å². The van der Waals surface area contributed by atoms with Gasteiger partial charge in [0, 0.05) is 18.2 Å². The second-order valence-corrected chi connectivity index (χ2v) is 8.03. The van der Waals surface area contributed by atoms with Crippen molar-refractivity contribution in [3.63, 3.8) is 0 Å². The largest absolute Gasteiger partial charge is 0.416 e. The zero-order chi connectivity index (χ0) is 25.5. The summed E-state index contributed by atoms with van der Waals surface area (Å²) in [5.74, 6) is -2.30. The summed E-state index contributed by atoms with van der Waals surface area (Å²) in [4.78, 5) is 36.6. The predicted molar refractivity (Wildman–Crippen MR) is 122 cm³/mol. The molecule has 0 saturated carbocycles. The molecule has 0 radical (unpaired) electrons. The summed E-state index contributed by atoms with van der Waals surface area (Å²) >= 11 is 0. The lowest BCUT2D eigenvalue weighted by molar-refractivity contribution is -0.137. The van der Waals surface area contributed by atoms with Gasteiger partial charge in [-0.05, 0) is 49.6 Å². The first-order chi connectivity index (χ1) is 15.9. The molecule has 0 aliphatic heterocycles. The Morgan fingerprint density at radius 1 is 1.06 bits per heavy atom. The summed E-state index contributed by atoms with van der Waals surface area (Å²) in [6, 6.07) is 8.33. The predicted octanol–water partition coefficient (Wildman–Crippen LogP) is 2.59. The fourth-order valence-corrected chi connectivity index (χ4v) is 3.48. The molecule has 0 bridgehead atoms. The summed E-state index contributed by atoms with van der Waals surface area (Å²) in [6.07, 6.45) is -4.11. The van der Waals surface area contributed by atoms with Gasteiger partial charge in [0.25, 0.3) is 5.91 Å². The first-order valence-electron chi connectivity index (χ1n) is 10.8. The first-order valence-corrected chi connectivity index (χ1v) is 10.8. The van der Waals surface area contributed by atoms with Crippen LogP contribution < -0.4 is 21.7 Å². The van der Waals surface area contributed by atoms with E-state index >= 15 is 0 Å². The van der Waals surface area contributed by atoms with Crippen LogP contribution in [0.2, 0.25) is 0 Å². The zero-order valence-electron chi connectivity index (χ0n) is 19.3. The van der Waals surface area contributed by atoms with E-state index in [-0.39, 0.29) is 5.56 Å². The fourth-order valence-electron chi connectivity index (χ4n) is 3.48. The summed E-state index contributed by atoms with van der Waals surface area (Å²) in [5.41, 5.74) is 7.53. The molecule has 0 aliphatic carbocycles. The maximum atomic E-state index is 12.8. The van der Waals surface area contributed by atoms with Crippen LogP contribution in [0, 0.1) is 13.8 Å². The van der Waals surface area contributed by atoms with Gasteiger partial charge in [-0.15, -0.1) is 0 Å². The standard InChI is InChI=1S/C24H29F3N4O3/c1-4-19(29-12-17-9-8-14(2)10-15(17)3)21(22(28)33)31-20(32)13-30-23(34)16-6-5-7-18(11-16)24(25,26)27/h5-11,19,21,29H,4,12-13H2,1-3H3,(H2,28,33)(H,30,34)(H,31,32). The number of nitrogens with two attached hydrogens (primary N) is 1. The van der Waals surface area contributed by atoms with E-state index in [4.69, 9.17) is 5.73 Å². The summed E-state index contributed by atoms with van der Waals surface area (Å²) < 4.78 is 38.5. The lowest BCUT2D eigenvalue weighted by Crippen LogP contribution is -2.57. The number of amides is 3. The molecule has 184 valence electrons. The van der Waals surface area contributed by atoms with Gasteiger partial charge in [0.2, 0.25) is 11.8 Å². The molecule has 2 atom stereocenters. The number of benzene rings is 2. The number of primary amides is 1. The van der Waals surface area contributed by atoms with Crippen LogP contribution >= 0.6 is 0 Å². The van der Waals surface area contributed by atoms with Gasteiger partial charge < -0.3 is 21.7 Å². The number of rotatable bonds is 10. The lowest BCUT2D eigenvalue weighted by Gasteiger charge is -2.26. The molecule has 2 aromatic rings. The van der Waals surface area contributed by atoms with Crippen LogP contribution in [0.25, 0.3) is 0 Å². The number of nitrogens with one attached hydrogen (secondary N) is 3. The minimum atomic E-state index is -4.60. The molecule has 0 spiro atoms. The highest BCUT2D eigenvalue weighted by molar-refractivity contribution is 5.97. The van der Waals surface area contributed by atoms with Crippen molar-refractivity contribution < 1.29 is 27.6 Å². The molecule has 0 saturated heterocycles. The molecular weight excluding hydrogens is 449 g/mol. The molecule has 34 heavy (non-hydrogen) atoms. The topological polar surface area (TPSA) is 113 Å². The second-order valence-electron chi connectivity index (χ2n) is 8.03. The van der Waals surface area contributed by atoms with Gasteiger partial charge in [-0.25, -0.2) is 0 Å². The number of alkyl halides is 3. The average molecular weight is 479 g/mol. The number of hydrogen-bond donors (Lipinski definition) is 4. The van der Waals surface area contributed by atoms with Gasteiger partial charge in [-0.1, -0.05) is 36.8 Å². The van der Waals surface area contributed by atoms with Crippen LogP contribution in [0.5, 0.6) is 0 Å². The zero-order valence-corrected chi connectivity index (χ0v) is 19.3. The molecule has 2 rings (SSSR count). The Bertz CT molecular complexity index is 1040. The van der Waals surface area contributed by atoms with E-state index in [1.165, 1.54) is 6.07 Å². The Labute approximate surface area is 196 Å². The van der Waals surface area contributed by atoms with Crippen LogP contribution in [-0.4, -0.2) is 36.3 Å². The highest BCUT2D eigenvalue weighted by Crippen LogP contribution is 2.29. The summed E-state index contributed by atoms with van der Waals surface area (Å²) in [6.45, 7) is 5.72. The number of carbonyl (C=O) groups is 3. The summed E-state index contributed by atoms with van der Waals surface area (Å²) in [5, 5.41) is 7.99. The Kier molecular flexibility index (Phi) is 9.19. The smallest absolute Gasteiger partial charge is 0.368 e. The van der Waals surface area contributed by atoms with Crippen molar-refractivity contribution in [1.29, 1.82) is 0 Å². The number of hydrogen-bond acceptors (Lipinski definition) is 4. The quantitative estimate of drug-likeness (QED) is 0.420. The third-order valence-electron chi connectivity index (χ3n) is 5.38. The molecule has 0 aromatic heterocycles. The molecule has 2 aromatic carbocycles. The molecule has 0 heterocycles. The highest BCUT2D eigenvalue weighted by atomic mass is 19.4. The second kappa shape index (κ2) is 11.6. The van der Waals surface area contributed by atoms with Crippen LogP contribution in [-0.2, 0) is 22.3 Å². The van der Waals surface area contributed by atoms with Gasteiger partial charge in [0.15, 0.2) is 0 Å². The third-order valence-corrected chi connectivity index (χ3v) is 5.38. The van der Waals surface area contributed by atoms with Crippen molar-refractivity contribution in [3.05, 3.63) is 70.3 Å². The average Bonchev–Trinajstić information content (AvgIpc) is 2.77. The van der Waals surface area contributed by atoms with E-state index in [0.717, 1.165) is 28.8 Å². The van der Waals surface area contributed by atoms with Crippen LogP contribution in [0.15, 0.2) is 42.5 Å². The minimum absolute atomic E-state index is 0.240. The molecule has 5 N–H and O–H groups in total. The molecule has 0 fully saturated rings. The van der Waals surface area contributed by atoms with E-state index in [1.54, 1.807) is 0 Å². The van der Waals surface area contributed by atoms with E-state index in [0.29, 0.717) is 19.0 Å². The Hall–Kier alpha value is -3.40. The summed E-state index contributed by atoms with van der Waals surface area (Å²) in [7, 11) is 0. The third kappa shape index (κ3) is 7.58. The van der Waals surface area contributed by atoms with Gasteiger partial charge in [0.1, 0.15) is 6.04 Å². The Balaban J connectivity index is 1.98. The van der Waals surface area contributed by atoms with Gasteiger partial charge >= 0.3 is 6.18 Å². The Morgan fingerprint density at radius 3 is 2.35 bits per heavy atom. The van der Waals surface area contributed by atoms with Gasteiger partial charge in [-0.2, -0.15) is 13.2 Å². The van der Waals surface area contributed by atoms with E-state index in [9.17, 15) is 27.6 Å². The van der Waals surface area contributed by atoms with E-state index in [2.05, 4.69) is 16.0 Å². The first kappa shape index (κ1) is 26.8. The number of halogens is 3. The molecule has 10 heteroatoms. The fraction of sp³-hybridized carbons (Fsp3) is 0.375. The van der Waals surface area contributed by atoms with Crippen molar-refractivity contribution in [2.75, 3.05) is 6.54 Å². The monoisotopic (exact) mass is 478 g/mol.